The SMILES string of the molecule is Cc1ccc(CN(C)Cc2ccccc2C)cc1. The third-order valence-corrected chi connectivity index (χ3v) is 3.27. The summed E-state index contributed by atoms with van der Waals surface area (Å²) in [5.41, 5.74) is 5.47. The summed E-state index contributed by atoms with van der Waals surface area (Å²) in [6.07, 6.45) is 0. The maximum absolute atomic E-state index is 2.35. The van der Waals surface area contributed by atoms with Gasteiger partial charge in [-0.1, -0.05) is 54.1 Å². The van der Waals surface area contributed by atoms with Crippen LogP contribution in [0.15, 0.2) is 48.5 Å². The molecule has 1 heteroatoms. The van der Waals surface area contributed by atoms with Crippen LogP contribution >= 0.6 is 0 Å². The van der Waals surface area contributed by atoms with Gasteiger partial charge in [0.05, 0.1) is 0 Å². The van der Waals surface area contributed by atoms with Gasteiger partial charge in [-0.15, -0.1) is 0 Å². The van der Waals surface area contributed by atoms with Gasteiger partial charge in [0.25, 0.3) is 0 Å². The molecule has 0 fully saturated rings. The molecule has 0 aromatic heterocycles. The lowest BCUT2D eigenvalue weighted by atomic mass is 10.1. The average molecular weight is 239 g/mol. The number of hydrogen-bond acceptors (Lipinski definition) is 1. The summed E-state index contributed by atoms with van der Waals surface area (Å²) in [6.45, 7) is 6.30. The molecular weight excluding hydrogens is 218 g/mol. The molecule has 0 bridgehead atoms. The molecule has 0 aliphatic heterocycles. The fourth-order valence-electron chi connectivity index (χ4n) is 2.14. The van der Waals surface area contributed by atoms with Gasteiger partial charge in [0.1, 0.15) is 0 Å². The zero-order valence-electron chi connectivity index (χ0n) is 11.5. The van der Waals surface area contributed by atoms with Gasteiger partial charge in [0, 0.05) is 13.1 Å². The van der Waals surface area contributed by atoms with Crippen molar-refractivity contribution in [3.8, 4) is 0 Å². The molecule has 0 saturated heterocycles. The number of aryl methyl sites for hydroxylation is 2. The molecule has 0 amide bonds. The Morgan fingerprint density at radius 3 is 2.17 bits per heavy atom. The summed E-state index contributed by atoms with van der Waals surface area (Å²) in [4.78, 5) is 2.35. The molecule has 94 valence electrons. The minimum absolute atomic E-state index is 0.995. The quantitative estimate of drug-likeness (QED) is 0.781. The zero-order valence-corrected chi connectivity index (χ0v) is 11.5. The van der Waals surface area contributed by atoms with Gasteiger partial charge in [-0.25, -0.2) is 0 Å². The van der Waals surface area contributed by atoms with E-state index < -0.39 is 0 Å². The summed E-state index contributed by atoms with van der Waals surface area (Å²) >= 11 is 0. The van der Waals surface area contributed by atoms with Gasteiger partial charge >= 0.3 is 0 Å². The largest absolute Gasteiger partial charge is 0.298 e. The van der Waals surface area contributed by atoms with Crippen LogP contribution in [0.4, 0.5) is 0 Å². The lowest BCUT2D eigenvalue weighted by Gasteiger charge is -2.18. The van der Waals surface area contributed by atoms with Gasteiger partial charge in [0.15, 0.2) is 0 Å². The molecule has 0 aliphatic carbocycles. The molecule has 0 N–H and O–H groups in total. The zero-order chi connectivity index (χ0) is 13.0. The maximum Gasteiger partial charge on any atom is 0.0236 e. The molecule has 0 heterocycles. The highest BCUT2D eigenvalue weighted by molar-refractivity contribution is 5.26. The molecule has 0 spiro atoms. The van der Waals surface area contributed by atoms with Gasteiger partial charge in [-0.3, -0.25) is 4.90 Å². The second-order valence-electron chi connectivity index (χ2n) is 5.08. The molecule has 18 heavy (non-hydrogen) atoms. The Balaban J connectivity index is 1.99. The van der Waals surface area contributed by atoms with E-state index in [-0.39, 0.29) is 0 Å². The first-order valence-electron chi connectivity index (χ1n) is 6.44. The lowest BCUT2D eigenvalue weighted by Crippen LogP contribution is -2.17. The fraction of sp³-hybridized carbons (Fsp3) is 0.294. The van der Waals surface area contributed by atoms with Crippen molar-refractivity contribution < 1.29 is 0 Å². The number of benzene rings is 2. The molecule has 2 aromatic carbocycles. The third-order valence-electron chi connectivity index (χ3n) is 3.27. The molecule has 2 aromatic rings. The molecule has 1 nitrogen and oxygen atoms in total. The second kappa shape index (κ2) is 5.83. The van der Waals surface area contributed by atoms with E-state index in [0.29, 0.717) is 0 Å². The lowest BCUT2D eigenvalue weighted by molar-refractivity contribution is 0.318. The van der Waals surface area contributed by atoms with Crippen LogP contribution in [0.1, 0.15) is 22.3 Å². The van der Waals surface area contributed by atoms with Crippen molar-refractivity contribution in [2.75, 3.05) is 7.05 Å². The predicted molar refractivity (Wildman–Crippen MR) is 77.5 cm³/mol. The van der Waals surface area contributed by atoms with E-state index in [1.165, 1.54) is 22.3 Å². The van der Waals surface area contributed by atoms with Crippen molar-refractivity contribution in [2.24, 2.45) is 0 Å². The Labute approximate surface area is 110 Å². The first kappa shape index (κ1) is 12.8. The normalized spacial score (nSPS) is 10.9. The van der Waals surface area contributed by atoms with Crippen LogP contribution in [-0.2, 0) is 13.1 Å². The van der Waals surface area contributed by atoms with Crippen LogP contribution in [-0.4, -0.2) is 11.9 Å². The smallest absolute Gasteiger partial charge is 0.0236 e. The molecule has 0 saturated carbocycles. The van der Waals surface area contributed by atoms with E-state index >= 15 is 0 Å². The monoisotopic (exact) mass is 239 g/mol. The summed E-state index contributed by atoms with van der Waals surface area (Å²) in [7, 11) is 2.17. The summed E-state index contributed by atoms with van der Waals surface area (Å²) in [5.74, 6) is 0. The van der Waals surface area contributed by atoms with Crippen LogP contribution in [0.2, 0.25) is 0 Å². The van der Waals surface area contributed by atoms with E-state index in [4.69, 9.17) is 0 Å². The van der Waals surface area contributed by atoms with E-state index in [1.54, 1.807) is 0 Å². The Kier molecular flexibility index (Phi) is 4.16. The highest BCUT2D eigenvalue weighted by Crippen LogP contribution is 2.12. The van der Waals surface area contributed by atoms with Crippen LogP contribution in [0.3, 0.4) is 0 Å². The van der Waals surface area contributed by atoms with Crippen molar-refractivity contribution in [2.45, 2.75) is 26.9 Å². The Morgan fingerprint density at radius 1 is 0.833 bits per heavy atom. The van der Waals surface area contributed by atoms with Crippen molar-refractivity contribution in [1.29, 1.82) is 0 Å². The van der Waals surface area contributed by atoms with Gasteiger partial charge in [0.2, 0.25) is 0 Å². The Morgan fingerprint density at radius 2 is 1.50 bits per heavy atom. The molecule has 2 rings (SSSR count). The molecular formula is C17H21N. The predicted octanol–water partition coefficient (Wildman–Crippen LogP) is 3.94. The minimum atomic E-state index is 0.995. The number of hydrogen-bond donors (Lipinski definition) is 0. The topological polar surface area (TPSA) is 3.24 Å². The molecule has 0 radical (unpaired) electrons. The van der Waals surface area contributed by atoms with Gasteiger partial charge < -0.3 is 0 Å². The van der Waals surface area contributed by atoms with Crippen molar-refractivity contribution >= 4 is 0 Å². The van der Waals surface area contributed by atoms with E-state index in [1.807, 2.05) is 0 Å². The standard InChI is InChI=1S/C17H21N/c1-14-8-10-16(11-9-14)12-18(3)13-17-7-5-4-6-15(17)2/h4-11H,12-13H2,1-3H3. The van der Waals surface area contributed by atoms with Crippen LogP contribution in [0.5, 0.6) is 0 Å². The highest BCUT2D eigenvalue weighted by Gasteiger charge is 2.03. The van der Waals surface area contributed by atoms with Crippen molar-refractivity contribution in [3.63, 3.8) is 0 Å². The van der Waals surface area contributed by atoms with Crippen LogP contribution in [0.25, 0.3) is 0 Å². The van der Waals surface area contributed by atoms with E-state index in [2.05, 4.69) is 74.3 Å². The van der Waals surface area contributed by atoms with Gasteiger partial charge in [-0.2, -0.15) is 0 Å². The summed E-state index contributed by atoms with van der Waals surface area (Å²) in [5, 5.41) is 0. The summed E-state index contributed by atoms with van der Waals surface area (Å²) < 4.78 is 0. The molecule has 0 unspecified atom stereocenters. The third kappa shape index (κ3) is 3.44. The highest BCUT2D eigenvalue weighted by atomic mass is 15.1. The summed E-state index contributed by atoms with van der Waals surface area (Å²) in [6, 6.07) is 17.4. The van der Waals surface area contributed by atoms with E-state index in [9.17, 15) is 0 Å². The van der Waals surface area contributed by atoms with Crippen molar-refractivity contribution in [1.82, 2.24) is 4.90 Å². The Bertz CT molecular complexity index is 499. The molecule has 0 aliphatic rings. The second-order valence-corrected chi connectivity index (χ2v) is 5.08. The van der Waals surface area contributed by atoms with Crippen molar-refractivity contribution in [3.05, 3.63) is 70.8 Å². The minimum Gasteiger partial charge on any atom is -0.298 e. The average Bonchev–Trinajstić information content (AvgIpc) is 2.35. The van der Waals surface area contributed by atoms with Crippen LogP contribution in [0, 0.1) is 13.8 Å². The Hall–Kier alpha value is -1.60. The van der Waals surface area contributed by atoms with Gasteiger partial charge in [-0.05, 0) is 37.6 Å². The molecule has 0 atom stereocenters. The number of rotatable bonds is 4. The van der Waals surface area contributed by atoms with E-state index in [0.717, 1.165) is 13.1 Å². The fourth-order valence-corrected chi connectivity index (χ4v) is 2.14. The maximum atomic E-state index is 2.35. The first-order chi connectivity index (χ1) is 8.65. The van der Waals surface area contributed by atoms with Crippen LogP contribution < -0.4 is 0 Å². The first-order valence-corrected chi connectivity index (χ1v) is 6.44. The number of nitrogens with zero attached hydrogens (tertiary/aromatic N) is 1.